The fraction of sp³-hybridized carbons (Fsp3) is 0. The molecule has 6 heteroatoms. The Hall–Kier alpha value is -3.51. The Morgan fingerprint density at radius 3 is 2.44 bits per heavy atom. The second-order valence-electron chi connectivity index (χ2n) is 5.98. The normalized spacial score (nSPS) is 11.0. The zero-order valence-corrected chi connectivity index (χ0v) is 15.0. The molecular weight excluding hydrogens is 356 g/mol. The van der Waals surface area contributed by atoms with E-state index in [9.17, 15) is 0 Å². The molecule has 3 heterocycles. The highest BCUT2D eigenvalue weighted by atomic mass is 32.1. The van der Waals surface area contributed by atoms with Crippen LogP contribution in [0, 0.1) is 0 Å². The Morgan fingerprint density at radius 1 is 0.815 bits per heavy atom. The SMILES string of the molecule is c1cc(Oc2cccc(-c3ncc4ccccn34)c2)cc(-c2ncns2)c1. The first-order valence-electron chi connectivity index (χ1n) is 8.44. The minimum Gasteiger partial charge on any atom is -0.457 e. The van der Waals surface area contributed by atoms with Gasteiger partial charge in [-0.25, -0.2) is 9.97 Å². The van der Waals surface area contributed by atoms with Crippen molar-refractivity contribution in [2.24, 2.45) is 0 Å². The lowest BCUT2D eigenvalue weighted by Gasteiger charge is -2.08. The van der Waals surface area contributed by atoms with E-state index in [0.717, 1.165) is 39.0 Å². The molecule has 3 aromatic heterocycles. The first-order valence-corrected chi connectivity index (χ1v) is 9.22. The quantitative estimate of drug-likeness (QED) is 0.430. The van der Waals surface area contributed by atoms with Crippen LogP contribution in [-0.4, -0.2) is 18.7 Å². The molecule has 0 N–H and O–H groups in total. The Labute approximate surface area is 159 Å². The van der Waals surface area contributed by atoms with E-state index in [1.54, 1.807) is 6.33 Å². The van der Waals surface area contributed by atoms with E-state index in [-0.39, 0.29) is 0 Å². The molecular formula is C21H14N4OS. The van der Waals surface area contributed by atoms with Crippen LogP contribution in [0.2, 0.25) is 0 Å². The number of aromatic nitrogens is 4. The monoisotopic (exact) mass is 370 g/mol. The molecule has 0 amide bonds. The standard InChI is InChI=1S/C21H14N4OS/c1-2-10-25-17(7-1)13-22-20(25)15-5-3-8-18(11-15)26-19-9-4-6-16(12-19)21-23-14-24-27-21/h1-14H. The highest BCUT2D eigenvalue weighted by molar-refractivity contribution is 7.09. The summed E-state index contributed by atoms with van der Waals surface area (Å²) in [4.78, 5) is 8.81. The number of pyridine rings is 1. The van der Waals surface area contributed by atoms with Gasteiger partial charge in [-0.2, -0.15) is 4.37 Å². The molecule has 0 radical (unpaired) electrons. The van der Waals surface area contributed by atoms with Gasteiger partial charge in [-0.1, -0.05) is 30.3 Å². The fourth-order valence-electron chi connectivity index (χ4n) is 2.99. The maximum Gasteiger partial charge on any atom is 0.144 e. The lowest BCUT2D eigenvalue weighted by Crippen LogP contribution is -1.90. The first-order chi connectivity index (χ1) is 13.4. The predicted octanol–water partition coefficient (Wildman–Crippen LogP) is 5.31. The fourth-order valence-corrected chi connectivity index (χ4v) is 3.51. The van der Waals surface area contributed by atoms with E-state index >= 15 is 0 Å². The molecule has 0 saturated heterocycles. The smallest absolute Gasteiger partial charge is 0.144 e. The van der Waals surface area contributed by atoms with Crippen molar-refractivity contribution in [2.75, 3.05) is 0 Å². The molecule has 0 atom stereocenters. The number of hydrogen-bond donors (Lipinski definition) is 0. The van der Waals surface area contributed by atoms with Crippen LogP contribution in [0.3, 0.4) is 0 Å². The van der Waals surface area contributed by atoms with Gasteiger partial charge in [0.2, 0.25) is 0 Å². The summed E-state index contributed by atoms with van der Waals surface area (Å²) in [6.07, 6.45) is 5.44. The minimum absolute atomic E-state index is 0.757. The summed E-state index contributed by atoms with van der Waals surface area (Å²) in [5, 5.41) is 0.873. The Kier molecular flexibility index (Phi) is 3.88. The second-order valence-corrected chi connectivity index (χ2v) is 6.76. The van der Waals surface area contributed by atoms with Gasteiger partial charge < -0.3 is 4.74 Å². The molecule has 0 aliphatic rings. The van der Waals surface area contributed by atoms with Crippen LogP contribution >= 0.6 is 11.5 Å². The van der Waals surface area contributed by atoms with Crippen LogP contribution in [0.4, 0.5) is 0 Å². The van der Waals surface area contributed by atoms with Gasteiger partial charge in [0, 0.05) is 17.3 Å². The van der Waals surface area contributed by atoms with Crippen LogP contribution in [-0.2, 0) is 0 Å². The molecule has 0 aliphatic heterocycles. The van der Waals surface area contributed by atoms with Gasteiger partial charge in [-0.3, -0.25) is 4.40 Å². The molecule has 27 heavy (non-hydrogen) atoms. The Balaban J connectivity index is 1.47. The number of fused-ring (bicyclic) bond motifs is 1. The number of benzene rings is 2. The predicted molar refractivity (Wildman–Crippen MR) is 106 cm³/mol. The molecule has 0 bridgehead atoms. The van der Waals surface area contributed by atoms with Crippen LogP contribution in [0.5, 0.6) is 11.5 Å². The summed E-state index contributed by atoms with van der Waals surface area (Å²) in [5.41, 5.74) is 3.05. The van der Waals surface area contributed by atoms with Crippen molar-refractivity contribution in [3.63, 3.8) is 0 Å². The van der Waals surface area contributed by atoms with Gasteiger partial charge in [0.15, 0.2) is 0 Å². The summed E-state index contributed by atoms with van der Waals surface area (Å²) in [5.74, 6) is 2.40. The van der Waals surface area contributed by atoms with Crippen molar-refractivity contribution >= 4 is 17.0 Å². The average molecular weight is 370 g/mol. The van der Waals surface area contributed by atoms with E-state index in [1.807, 2.05) is 79.1 Å². The second kappa shape index (κ2) is 6.66. The maximum absolute atomic E-state index is 6.09. The van der Waals surface area contributed by atoms with Gasteiger partial charge in [-0.15, -0.1) is 0 Å². The molecule has 0 fully saturated rings. The van der Waals surface area contributed by atoms with E-state index in [4.69, 9.17) is 4.74 Å². The minimum atomic E-state index is 0.757. The van der Waals surface area contributed by atoms with E-state index in [1.165, 1.54) is 11.5 Å². The zero-order valence-electron chi connectivity index (χ0n) is 14.2. The van der Waals surface area contributed by atoms with E-state index < -0.39 is 0 Å². The average Bonchev–Trinajstić information content (AvgIpc) is 3.39. The number of hydrogen-bond acceptors (Lipinski definition) is 5. The van der Waals surface area contributed by atoms with Crippen molar-refractivity contribution in [3.8, 4) is 33.5 Å². The molecule has 5 rings (SSSR count). The number of nitrogens with zero attached hydrogens (tertiary/aromatic N) is 4. The van der Waals surface area contributed by atoms with Crippen LogP contribution in [0.15, 0.2) is 85.5 Å². The molecule has 0 spiro atoms. The highest BCUT2D eigenvalue weighted by Gasteiger charge is 2.08. The summed E-state index contributed by atoms with van der Waals surface area (Å²) in [6, 6.07) is 21.9. The van der Waals surface area contributed by atoms with Crippen molar-refractivity contribution in [3.05, 3.63) is 85.5 Å². The molecule has 5 nitrogen and oxygen atoms in total. The Bertz CT molecular complexity index is 1210. The molecule has 0 saturated carbocycles. The number of ether oxygens (including phenoxy) is 1. The summed E-state index contributed by atoms with van der Waals surface area (Å²) < 4.78 is 12.2. The van der Waals surface area contributed by atoms with Crippen LogP contribution < -0.4 is 4.74 Å². The van der Waals surface area contributed by atoms with Crippen molar-refractivity contribution in [2.45, 2.75) is 0 Å². The summed E-state index contributed by atoms with van der Waals surface area (Å²) in [6.45, 7) is 0. The largest absolute Gasteiger partial charge is 0.457 e. The van der Waals surface area contributed by atoms with Crippen molar-refractivity contribution in [1.82, 2.24) is 18.7 Å². The third-order valence-corrected chi connectivity index (χ3v) is 4.92. The van der Waals surface area contributed by atoms with Gasteiger partial charge in [0.25, 0.3) is 0 Å². The highest BCUT2D eigenvalue weighted by Crippen LogP contribution is 2.30. The zero-order chi connectivity index (χ0) is 18.1. The molecule has 130 valence electrons. The van der Waals surface area contributed by atoms with Gasteiger partial charge in [0.05, 0.1) is 11.7 Å². The van der Waals surface area contributed by atoms with Crippen molar-refractivity contribution in [1.29, 1.82) is 0 Å². The van der Waals surface area contributed by atoms with Gasteiger partial charge in [0.1, 0.15) is 28.7 Å². The molecule has 2 aromatic carbocycles. The maximum atomic E-state index is 6.09. The summed E-state index contributed by atoms with van der Waals surface area (Å²) >= 11 is 1.37. The lowest BCUT2D eigenvalue weighted by atomic mass is 10.2. The lowest BCUT2D eigenvalue weighted by molar-refractivity contribution is 0.483. The first kappa shape index (κ1) is 15.7. The number of rotatable bonds is 4. The molecule has 0 unspecified atom stereocenters. The Morgan fingerprint density at radius 2 is 1.63 bits per heavy atom. The van der Waals surface area contributed by atoms with E-state index in [2.05, 4.69) is 18.7 Å². The van der Waals surface area contributed by atoms with E-state index in [0.29, 0.717) is 0 Å². The van der Waals surface area contributed by atoms with Gasteiger partial charge in [-0.05, 0) is 47.9 Å². The van der Waals surface area contributed by atoms with Crippen molar-refractivity contribution < 1.29 is 4.74 Å². The van der Waals surface area contributed by atoms with Crippen LogP contribution in [0.25, 0.3) is 27.5 Å². The topological polar surface area (TPSA) is 52.3 Å². The van der Waals surface area contributed by atoms with Crippen LogP contribution in [0.1, 0.15) is 0 Å². The molecule has 0 aliphatic carbocycles. The number of imidazole rings is 1. The molecule has 5 aromatic rings. The van der Waals surface area contributed by atoms with Gasteiger partial charge >= 0.3 is 0 Å². The summed E-state index contributed by atoms with van der Waals surface area (Å²) in [7, 11) is 0. The third-order valence-electron chi connectivity index (χ3n) is 4.21. The third kappa shape index (κ3) is 3.07.